The molecule has 0 unspecified atom stereocenters. The quantitative estimate of drug-likeness (QED) is 0.660. The van der Waals surface area contributed by atoms with Gasteiger partial charge >= 0.3 is 6.18 Å². The Bertz CT molecular complexity index is 910. The molecule has 0 aliphatic rings. The predicted octanol–water partition coefficient (Wildman–Crippen LogP) is 3.79. The third-order valence-electron chi connectivity index (χ3n) is 3.23. The molecule has 0 radical (unpaired) electrons. The van der Waals surface area contributed by atoms with Crippen LogP contribution in [-0.4, -0.2) is 31.2 Å². The lowest BCUT2D eigenvalue weighted by Crippen LogP contribution is -2.18. The number of aromatic nitrogens is 4. The van der Waals surface area contributed by atoms with E-state index < -0.39 is 17.6 Å². The zero-order valence-corrected chi connectivity index (χ0v) is 14.5. The highest BCUT2D eigenvalue weighted by Gasteiger charge is 2.34. The number of amides is 1. The maximum atomic E-state index is 13.0. The van der Waals surface area contributed by atoms with Crippen LogP contribution in [0.25, 0.3) is 0 Å². The molecule has 11 heteroatoms. The molecule has 0 bridgehead atoms. The van der Waals surface area contributed by atoms with Crippen LogP contribution in [0.3, 0.4) is 0 Å². The molecule has 3 aromatic rings. The molecular weight excluding hydrogens is 391 g/mol. The first-order valence-corrected chi connectivity index (χ1v) is 8.54. The van der Waals surface area contributed by atoms with E-state index in [1.807, 2.05) is 0 Å². The van der Waals surface area contributed by atoms with Crippen LogP contribution < -0.4 is 5.32 Å². The summed E-state index contributed by atoms with van der Waals surface area (Å²) in [4.78, 5) is 12.1. The van der Waals surface area contributed by atoms with Gasteiger partial charge in [0, 0.05) is 17.4 Å². The summed E-state index contributed by atoms with van der Waals surface area (Å²) in [6.07, 6.45) is 0.373. The zero-order chi connectivity index (χ0) is 18.7. The van der Waals surface area contributed by atoms with Gasteiger partial charge in [0.2, 0.25) is 11.1 Å². The van der Waals surface area contributed by atoms with E-state index in [2.05, 4.69) is 15.5 Å². The van der Waals surface area contributed by atoms with Crippen LogP contribution in [-0.2, 0) is 11.0 Å². The second-order valence-corrected chi connectivity index (χ2v) is 6.42. The predicted molar refractivity (Wildman–Crippen MR) is 91.1 cm³/mol. The second kappa shape index (κ2) is 7.42. The van der Waals surface area contributed by atoms with Crippen molar-refractivity contribution >= 4 is 35.0 Å². The number of anilines is 1. The van der Waals surface area contributed by atoms with Crippen molar-refractivity contribution in [3.8, 4) is 0 Å². The van der Waals surface area contributed by atoms with E-state index >= 15 is 0 Å². The number of nitrogens with one attached hydrogen (secondary N) is 1. The van der Waals surface area contributed by atoms with E-state index in [1.54, 1.807) is 33.9 Å². The SMILES string of the molecule is O=C(CSc1nncn1-n1cccc1)Nc1cc(Cl)ccc1C(F)(F)F. The summed E-state index contributed by atoms with van der Waals surface area (Å²) in [5.74, 6) is -0.770. The van der Waals surface area contributed by atoms with Gasteiger partial charge in [-0.3, -0.25) is 9.47 Å². The van der Waals surface area contributed by atoms with Crippen molar-refractivity contribution in [1.29, 1.82) is 0 Å². The topological polar surface area (TPSA) is 64.7 Å². The molecule has 6 nitrogen and oxygen atoms in total. The molecule has 3 rings (SSSR count). The van der Waals surface area contributed by atoms with Gasteiger partial charge in [-0.15, -0.1) is 10.2 Å². The van der Waals surface area contributed by atoms with Gasteiger partial charge in [0.1, 0.15) is 6.33 Å². The van der Waals surface area contributed by atoms with Crippen LogP contribution in [0.4, 0.5) is 18.9 Å². The van der Waals surface area contributed by atoms with Crippen molar-refractivity contribution in [2.24, 2.45) is 0 Å². The Labute approximate surface area is 154 Å². The number of halogens is 4. The Morgan fingerprint density at radius 3 is 2.69 bits per heavy atom. The summed E-state index contributed by atoms with van der Waals surface area (Å²) in [5, 5.41) is 10.4. The first-order chi connectivity index (χ1) is 12.3. The molecule has 1 amide bonds. The number of alkyl halides is 3. The smallest absolute Gasteiger partial charge is 0.325 e. The summed E-state index contributed by atoms with van der Waals surface area (Å²) in [5.41, 5.74) is -1.35. The van der Waals surface area contributed by atoms with E-state index in [4.69, 9.17) is 11.6 Å². The van der Waals surface area contributed by atoms with Crippen molar-refractivity contribution in [3.05, 3.63) is 59.6 Å². The number of carbonyl (C=O) groups excluding carboxylic acids is 1. The lowest BCUT2D eigenvalue weighted by molar-refractivity contribution is -0.137. The summed E-state index contributed by atoms with van der Waals surface area (Å²) in [6, 6.07) is 6.62. The minimum Gasteiger partial charge on any atom is -0.325 e. The Kier molecular flexibility index (Phi) is 5.23. The molecule has 1 aromatic carbocycles. The molecule has 0 saturated carbocycles. The van der Waals surface area contributed by atoms with Crippen LogP contribution in [0.2, 0.25) is 5.02 Å². The molecule has 2 aromatic heterocycles. The lowest BCUT2D eigenvalue weighted by Gasteiger charge is -2.14. The molecule has 0 atom stereocenters. The molecule has 0 aliphatic heterocycles. The molecule has 2 heterocycles. The molecule has 1 N–H and O–H groups in total. The van der Waals surface area contributed by atoms with Gasteiger partial charge in [-0.1, -0.05) is 23.4 Å². The Morgan fingerprint density at radius 2 is 2.00 bits per heavy atom. The van der Waals surface area contributed by atoms with Crippen molar-refractivity contribution in [2.75, 3.05) is 11.1 Å². The van der Waals surface area contributed by atoms with Gasteiger partial charge in [0.05, 0.1) is 17.0 Å². The Balaban J connectivity index is 1.70. The number of carbonyl (C=O) groups is 1. The average molecular weight is 402 g/mol. The first kappa shape index (κ1) is 18.3. The standard InChI is InChI=1S/C15H11ClF3N5OS/c16-10-3-4-11(15(17,18)19)12(7-10)21-13(25)8-26-14-22-20-9-24(14)23-5-1-2-6-23/h1-7,9H,8H2,(H,21,25). The highest BCUT2D eigenvalue weighted by molar-refractivity contribution is 7.99. The fourth-order valence-electron chi connectivity index (χ4n) is 2.13. The van der Waals surface area contributed by atoms with Gasteiger partial charge in [-0.2, -0.15) is 13.2 Å². The molecule has 26 heavy (non-hydrogen) atoms. The number of rotatable bonds is 5. The zero-order valence-electron chi connectivity index (χ0n) is 12.9. The first-order valence-electron chi connectivity index (χ1n) is 7.17. The summed E-state index contributed by atoms with van der Waals surface area (Å²) in [7, 11) is 0. The minimum absolute atomic E-state index is 0.0910. The number of hydrogen-bond acceptors (Lipinski definition) is 4. The van der Waals surface area contributed by atoms with Crippen molar-refractivity contribution in [3.63, 3.8) is 0 Å². The van der Waals surface area contributed by atoms with Gasteiger partial charge in [-0.05, 0) is 30.3 Å². The van der Waals surface area contributed by atoms with E-state index in [1.165, 1.54) is 6.33 Å². The van der Waals surface area contributed by atoms with E-state index in [0.29, 0.717) is 5.16 Å². The highest BCUT2D eigenvalue weighted by atomic mass is 35.5. The fourth-order valence-corrected chi connectivity index (χ4v) is 3.01. The molecule has 0 fully saturated rings. The summed E-state index contributed by atoms with van der Waals surface area (Å²) < 4.78 is 42.4. The van der Waals surface area contributed by atoms with Crippen LogP contribution in [0.1, 0.15) is 5.56 Å². The minimum atomic E-state index is -4.60. The van der Waals surface area contributed by atoms with Gasteiger partial charge < -0.3 is 5.32 Å². The van der Waals surface area contributed by atoms with Crippen LogP contribution in [0.15, 0.2) is 54.2 Å². The van der Waals surface area contributed by atoms with E-state index in [-0.39, 0.29) is 16.5 Å². The lowest BCUT2D eigenvalue weighted by atomic mass is 10.1. The normalized spacial score (nSPS) is 11.5. The molecule has 0 aliphatic carbocycles. The van der Waals surface area contributed by atoms with Crippen LogP contribution >= 0.6 is 23.4 Å². The number of thioether (sulfide) groups is 1. The molecular formula is C15H11ClF3N5OS. The van der Waals surface area contributed by atoms with Crippen molar-refractivity contribution in [1.82, 2.24) is 19.5 Å². The van der Waals surface area contributed by atoms with Crippen LogP contribution in [0.5, 0.6) is 0 Å². The Morgan fingerprint density at radius 1 is 1.27 bits per heavy atom. The molecule has 136 valence electrons. The van der Waals surface area contributed by atoms with Crippen molar-refractivity contribution in [2.45, 2.75) is 11.3 Å². The Hall–Kier alpha value is -2.46. The largest absolute Gasteiger partial charge is 0.418 e. The van der Waals surface area contributed by atoms with Crippen molar-refractivity contribution < 1.29 is 18.0 Å². The number of nitrogens with zero attached hydrogens (tertiary/aromatic N) is 4. The van der Waals surface area contributed by atoms with Gasteiger partial charge in [0.15, 0.2) is 0 Å². The number of hydrogen-bond donors (Lipinski definition) is 1. The second-order valence-electron chi connectivity index (χ2n) is 5.05. The molecule has 0 spiro atoms. The van der Waals surface area contributed by atoms with E-state index in [9.17, 15) is 18.0 Å². The third kappa shape index (κ3) is 4.20. The monoisotopic (exact) mass is 401 g/mol. The van der Waals surface area contributed by atoms with E-state index in [0.717, 1.165) is 30.0 Å². The fraction of sp³-hybridized carbons (Fsp3) is 0.133. The van der Waals surface area contributed by atoms with Crippen LogP contribution in [0, 0.1) is 0 Å². The highest BCUT2D eigenvalue weighted by Crippen LogP contribution is 2.36. The van der Waals surface area contributed by atoms with Gasteiger partial charge in [0.25, 0.3) is 0 Å². The number of benzene rings is 1. The maximum absolute atomic E-state index is 13.0. The van der Waals surface area contributed by atoms with Gasteiger partial charge in [-0.25, -0.2) is 4.68 Å². The average Bonchev–Trinajstić information content (AvgIpc) is 3.23. The molecule has 0 saturated heterocycles. The third-order valence-corrected chi connectivity index (χ3v) is 4.40. The summed E-state index contributed by atoms with van der Waals surface area (Å²) in [6.45, 7) is 0. The summed E-state index contributed by atoms with van der Waals surface area (Å²) >= 11 is 6.78. The maximum Gasteiger partial charge on any atom is 0.418 e.